The summed E-state index contributed by atoms with van der Waals surface area (Å²) in [4.78, 5) is 22.7. The van der Waals surface area contributed by atoms with Crippen molar-refractivity contribution in [3.05, 3.63) is 29.8 Å². The second kappa shape index (κ2) is 6.39. The molecule has 1 aromatic carbocycles. The van der Waals surface area contributed by atoms with Gasteiger partial charge in [0.15, 0.2) is 11.9 Å². The number of ether oxygens (including phenoxy) is 2. The van der Waals surface area contributed by atoms with Crippen molar-refractivity contribution < 1.29 is 19.1 Å². The average molecular weight is 301 g/mol. The summed E-state index contributed by atoms with van der Waals surface area (Å²) in [6.07, 6.45) is -0.887. The van der Waals surface area contributed by atoms with Crippen LogP contribution in [0.4, 0.5) is 0 Å². The van der Waals surface area contributed by atoms with Crippen LogP contribution in [-0.2, 0) is 14.3 Å². The maximum atomic E-state index is 11.7. The summed E-state index contributed by atoms with van der Waals surface area (Å²) < 4.78 is 10.1. The SMILES string of the molecule is COc1cccc(C(OC(C)=O)C(=O)CBr)c1. The number of ketones is 1. The van der Waals surface area contributed by atoms with Crippen molar-refractivity contribution >= 4 is 27.7 Å². The van der Waals surface area contributed by atoms with Crippen LogP contribution in [0.5, 0.6) is 5.75 Å². The van der Waals surface area contributed by atoms with Gasteiger partial charge >= 0.3 is 5.97 Å². The van der Waals surface area contributed by atoms with Crippen molar-refractivity contribution in [1.82, 2.24) is 0 Å². The lowest BCUT2D eigenvalue weighted by atomic mass is 10.1. The van der Waals surface area contributed by atoms with Gasteiger partial charge in [-0.15, -0.1) is 0 Å². The Morgan fingerprint density at radius 3 is 2.65 bits per heavy atom. The zero-order valence-corrected chi connectivity index (χ0v) is 11.2. The number of halogens is 1. The number of alkyl halides is 1. The molecular formula is C12H13BrO4. The van der Waals surface area contributed by atoms with Gasteiger partial charge in [0.25, 0.3) is 0 Å². The molecule has 1 aromatic rings. The first-order valence-corrected chi connectivity index (χ1v) is 6.10. The number of hydrogen-bond donors (Lipinski definition) is 0. The molecule has 0 aliphatic rings. The predicted molar refractivity (Wildman–Crippen MR) is 66.3 cm³/mol. The van der Waals surface area contributed by atoms with E-state index in [4.69, 9.17) is 9.47 Å². The Kier molecular flexibility index (Phi) is 5.15. The largest absolute Gasteiger partial charge is 0.497 e. The number of carbonyl (C=O) groups excluding carboxylic acids is 2. The van der Waals surface area contributed by atoms with Crippen LogP contribution in [0.1, 0.15) is 18.6 Å². The molecule has 0 spiro atoms. The van der Waals surface area contributed by atoms with E-state index in [1.165, 1.54) is 14.0 Å². The molecule has 0 saturated carbocycles. The highest BCUT2D eigenvalue weighted by Crippen LogP contribution is 2.23. The van der Waals surface area contributed by atoms with Crippen molar-refractivity contribution in [2.75, 3.05) is 12.4 Å². The fraction of sp³-hybridized carbons (Fsp3) is 0.333. The van der Waals surface area contributed by atoms with E-state index >= 15 is 0 Å². The van der Waals surface area contributed by atoms with Crippen molar-refractivity contribution in [2.45, 2.75) is 13.0 Å². The van der Waals surface area contributed by atoms with Crippen LogP contribution < -0.4 is 4.74 Å². The van der Waals surface area contributed by atoms with Gasteiger partial charge in [0.2, 0.25) is 0 Å². The Hall–Kier alpha value is -1.36. The minimum Gasteiger partial charge on any atom is -0.497 e. The van der Waals surface area contributed by atoms with E-state index in [0.717, 1.165) is 0 Å². The minimum absolute atomic E-state index is 0.127. The Morgan fingerprint density at radius 2 is 2.12 bits per heavy atom. The van der Waals surface area contributed by atoms with Gasteiger partial charge in [-0.1, -0.05) is 28.1 Å². The summed E-state index contributed by atoms with van der Waals surface area (Å²) in [5.41, 5.74) is 0.601. The van der Waals surface area contributed by atoms with Gasteiger partial charge in [0, 0.05) is 12.5 Å². The molecule has 0 saturated heterocycles. The molecule has 0 heterocycles. The third kappa shape index (κ3) is 3.85. The Balaban J connectivity index is 3.02. The number of Topliss-reactive ketones (excluding diaryl/α,β-unsaturated/α-hetero) is 1. The highest BCUT2D eigenvalue weighted by atomic mass is 79.9. The number of hydrogen-bond acceptors (Lipinski definition) is 4. The molecular weight excluding hydrogens is 288 g/mol. The van der Waals surface area contributed by atoms with Crippen LogP contribution in [0, 0.1) is 0 Å². The van der Waals surface area contributed by atoms with Gasteiger partial charge in [-0.25, -0.2) is 0 Å². The average Bonchev–Trinajstić information content (AvgIpc) is 2.35. The van der Waals surface area contributed by atoms with Crippen LogP contribution in [-0.4, -0.2) is 24.2 Å². The molecule has 1 unspecified atom stereocenters. The molecule has 0 aliphatic heterocycles. The van der Waals surface area contributed by atoms with Gasteiger partial charge in [-0.05, 0) is 12.1 Å². The van der Waals surface area contributed by atoms with E-state index in [9.17, 15) is 9.59 Å². The summed E-state index contributed by atoms with van der Waals surface area (Å²) >= 11 is 3.07. The van der Waals surface area contributed by atoms with Crippen LogP contribution >= 0.6 is 15.9 Å². The van der Waals surface area contributed by atoms with Crippen LogP contribution in [0.3, 0.4) is 0 Å². The first-order chi connectivity index (χ1) is 8.08. The molecule has 0 N–H and O–H groups in total. The molecule has 0 amide bonds. The molecule has 0 aliphatic carbocycles. The summed E-state index contributed by atoms with van der Waals surface area (Å²) in [5, 5.41) is 0.127. The van der Waals surface area contributed by atoms with Crippen molar-refractivity contribution in [3.8, 4) is 5.75 Å². The molecule has 17 heavy (non-hydrogen) atoms. The number of methoxy groups -OCH3 is 1. The lowest BCUT2D eigenvalue weighted by molar-refractivity contribution is -0.152. The molecule has 0 radical (unpaired) electrons. The highest BCUT2D eigenvalue weighted by molar-refractivity contribution is 9.09. The van der Waals surface area contributed by atoms with E-state index in [1.807, 2.05) is 0 Å². The van der Waals surface area contributed by atoms with Gasteiger partial charge in [-0.3, -0.25) is 9.59 Å². The number of esters is 1. The zero-order valence-electron chi connectivity index (χ0n) is 9.60. The van der Waals surface area contributed by atoms with Gasteiger partial charge < -0.3 is 9.47 Å². The first kappa shape index (κ1) is 13.7. The van der Waals surface area contributed by atoms with Gasteiger partial charge in [0.05, 0.1) is 12.4 Å². The van der Waals surface area contributed by atoms with E-state index in [2.05, 4.69) is 15.9 Å². The molecule has 1 rings (SSSR count). The lowest BCUT2D eigenvalue weighted by Gasteiger charge is -2.15. The minimum atomic E-state index is -0.887. The summed E-state index contributed by atoms with van der Waals surface area (Å²) in [6, 6.07) is 6.89. The molecule has 1 atom stereocenters. The Labute approximate surface area is 108 Å². The molecule has 0 aromatic heterocycles. The lowest BCUT2D eigenvalue weighted by Crippen LogP contribution is -2.19. The first-order valence-electron chi connectivity index (χ1n) is 4.98. The number of benzene rings is 1. The summed E-state index contributed by atoms with van der Waals surface area (Å²) in [7, 11) is 1.53. The van der Waals surface area contributed by atoms with Crippen molar-refractivity contribution in [1.29, 1.82) is 0 Å². The predicted octanol–water partition coefficient (Wildman–Crippen LogP) is 2.26. The maximum absolute atomic E-state index is 11.7. The molecule has 4 nitrogen and oxygen atoms in total. The Bertz CT molecular complexity index is 417. The van der Waals surface area contributed by atoms with E-state index < -0.39 is 12.1 Å². The second-order valence-electron chi connectivity index (χ2n) is 3.37. The fourth-order valence-corrected chi connectivity index (χ4v) is 1.65. The molecule has 0 fully saturated rings. The normalized spacial score (nSPS) is 11.7. The van der Waals surface area contributed by atoms with E-state index in [1.54, 1.807) is 24.3 Å². The second-order valence-corrected chi connectivity index (χ2v) is 3.93. The third-order valence-corrected chi connectivity index (χ3v) is 2.66. The van der Waals surface area contributed by atoms with Crippen LogP contribution in [0.25, 0.3) is 0 Å². The highest BCUT2D eigenvalue weighted by Gasteiger charge is 2.22. The van der Waals surface area contributed by atoms with E-state index in [0.29, 0.717) is 11.3 Å². The number of carbonyl (C=O) groups is 2. The van der Waals surface area contributed by atoms with Crippen molar-refractivity contribution in [3.63, 3.8) is 0 Å². The van der Waals surface area contributed by atoms with Crippen molar-refractivity contribution in [2.24, 2.45) is 0 Å². The third-order valence-electron chi connectivity index (χ3n) is 2.10. The Morgan fingerprint density at radius 1 is 1.41 bits per heavy atom. The van der Waals surface area contributed by atoms with Gasteiger partial charge in [-0.2, -0.15) is 0 Å². The maximum Gasteiger partial charge on any atom is 0.303 e. The topological polar surface area (TPSA) is 52.6 Å². The smallest absolute Gasteiger partial charge is 0.303 e. The number of rotatable bonds is 5. The zero-order chi connectivity index (χ0) is 12.8. The standard InChI is InChI=1S/C12H13BrO4/c1-8(14)17-12(11(15)7-13)9-4-3-5-10(6-9)16-2/h3-6,12H,7H2,1-2H3. The molecule has 0 bridgehead atoms. The quantitative estimate of drug-likeness (QED) is 0.618. The van der Waals surface area contributed by atoms with Gasteiger partial charge in [0.1, 0.15) is 5.75 Å². The molecule has 5 heteroatoms. The monoisotopic (exact) mass is 300 g/mol. The fourth-order valence-electron chi connectivity index (χ4n) is 1.36. The summed E-state index contributed by atoms with van der Waals surface area (Å²) in [6.45, 7) is 1.27. The molecule has 92 valence electrons. The van der Waals surface area contributed by atoms with Crippen LogP contribution in [0.15, 0.2) is 24.3 Å². The van der Waals surface area contributed by atoms with Crippen LogP contribution in [0.2, 0.25) is 0 Å². The summed E-state index contributed by atoms with van der Waals surface area (Å²) in [5.74, 6) is -0.0948. The van der Waals surface area contributed by atoms with E-state index in [-0.39, 0.29) is 11.1 Å².